The maximum atomic E-state index is 12.7. The Balaban J connectivity index is 2.05. The van der Waals surface area contributed by atoms with Crippen LogP contribution in [-0.4, -0.2) is 21.9 Å². The van der Waals surface area contributed by atoms with Crippen LogP contribution in [0, 0.1) is 5.13 Å². The highest BCUT2D eigenvalue weighted by Crippen LogP contribution is 2.15. The van der Waals surface area contributed by atoms with Crippen molar-refractivity contribution in [2.24, 2.45) is 5.10 Å². The average molecular weight is 301 g/mol. The third-order valence-electron chi connectivity index (χ3n) is 2.26. The van der Waals surface area contributed by atoms with E-state index in [0.717, 1.165) is 11.3 Å². The van der Waals surface area contributed by atoms with Gasteiger partial charge in [0.1, 0.15) is 5.69 Å². The Kier molecular flexibility index (Phi) is 4.28. The lowest BCUT2D eigenvalue weighted by molar-refractivity contribution is 0.0944. The van der Waals surface area contributed by atoms with Crippen LogP contribution in [-0.2, 0) is 6.54 Å². The van der Waals surface area contributed by atoms with E-state index in [-0.39, 0.29) is 15.8 Å². The van der Waals surface area contributed by atoms with Crippen LogP contribution < -0.4 is 5.43 Å². The van der Waals surface area contributed by atoms with Gasteiger partial charge in [-0.15, -0.1) is 11.3 Å². The van der Waals surface area contributed by atoms with Crippen LogP contribution >= 0.6 is 22.9 Å². The summed E-state index contributed by atoms with van der Waals surface area (Å²) in [7, 11) is 0. The largest absolute Gasteiger partial charge is 0.291 e. The van der Waals surface area contributed by atoms with Gasteiger partial charge < -0.3 is 0 Å². The SMILES string of the molecule is CCn1ncc(Cl)c1C(=O)N/N=C/c1ccc(F)s1. The summed E-state index contributed by atoms with van der Waals surface area (Å²) in [5.74, 6) is -0.461. The van der Waals surface area contributed by atoms with Gasteiger partial charge in [0.15, 0.2) is 5.13 Å². The summed E-state index contributed by atoms with van der Waals surface area (Å²) in [4.78, 5) is 12.5. The second kappa shape index (κ2) is 5.94. The monoisotopic (exact) mass is 300 g/mol. The number of carbonyl (C=O) groups is 1. The fourth-order valence-electron chi connectivity index (χ4n) is 1.43. The maximum absolute atomic E-state index is 12.7. The number of aryl methyl sites for hydroxylation is 1. The molecule has 19 heavy (non-hydrogen) atoms. The maximum Gasteiger partial charge on any atom is 0.291 e. The van der Waals surface area contributed by atoms with E-state index >= 15 is 0 Å². The zero-order valence-electron chi connectivity index (χ0n) is 9.93. The molecule has 0 radical (unpaired) electrons. The first-order valence-electron chi connectivity index (χ1n) is 5.42. The molecule has 0 atom stereocenters. The number of hydrogen-bond acceptors (Lipinski definition) is 4. The molecule has 0 aliphatic rings. The molecule has 1 N–H and O–H groups in total. The molecular formula is C11H10ClFN4OS. The molecule has 1 amide bonds. The number of carbonyl (C=O) groups excluding carboxylic acids is 1. The van der Waals surface area contributed by atoms with Gasteiger partial charge in [-0.05, 0) is 19.1 Å². The van der Waals surface area contributed by atoms with E-state index in [9.17, 15) is 9.18 Å². The van der Waals surface area contributed by atoms with Gasteiger partial charge in [0.25, 0.3) is 5.91 Å². The normalized spacial score (nSPS) is 11.1. The minimum absolute atomic E-state index is 0.249. The Labute approximate surface area is 117 Å². The number of nitrogens with zero attached hydrogens (tertiary/aromatic N) is 3. The Morgan fingerprint density at radius 3 is 3.11 bits per heavy atom. The van der Waals surface area contributed by atoms with Crippen LogP contribution in [0.5, 0.6) is 0 Å². The summed E-state index contributed by atoms with van der Waals surface area (Å²) in [5, 5.41) is 7.65. The number of hydrogen-bond donors (Lipinski definition) is 1. The molecule has 0 saturated carbocycles. The molecule has 0 aliphatic heterocycles. The zero-order chi connectivity index (χ0) is 13.8. The van der Waals surface area contributed by atoms with E-state index in [1.165, 1.54) is 23.2 Å². The number of nitrogens with one attached hydrogen (secondary N) is 1. The summed E-state index contributed by atoms with van der Waals surface area (Å²) < 4.78 is 14.2. The standard InChI is InChI=1S/C11H10ClFN4OS/c1-2-17-10(8(12)6-15-17)11(18)16-14-5-7-3-4-9(13)19-7/h3-6H,2H2,1H3,(H,16,18)/b14-5+. The molecule has 100 valence electrons. The number of hydrazone groups is 1. The van der Waals surface area contributed by atoms with Gasteiger partial charge in [-0.2, -0.15) is 14.6 Å². The molecule has 5 nitrogen and oxygen atoms in total. The van der Waals surface area contributed by atoms with Crippen molar-refractivity contribution in [2.75, 3.05) is 0 Å². The van der Waals surface area contributed by atoms with Crippen molar-refractivity contribution in [3.05, 3.63) is 39.1 Å². The Bertz CT molecular complexity index is 622. The second-order valence-corrected chi connectivity index (χ2v) is 4.97. The van der Waals surface area contributed by atoms with E-state index in [4.69, 9.17) is 11.6 Å². The molecule has 8 heteroatoms. The summed E-state index contributed by atoms with van der Waals surface area (Å²) in [5.41, 5.74) is 2.58. The predicted molar refractivity (Wildman–Crippen MR) is 72.2 cm³/mol. The number of rotatable bonds is 4. The van der Waals surface area contributed by atoms with Gasteiger partial charge in [-0.25, -0.2) is 5.43 Å². The number of amides is 1. The van der Waals surface area contributed by atoms with E-state index < -0.39 is 5.91 Å². The number of aromatic nitrogens is 2. The van der Waals surface area contributed by atoms with E-state index in [2.05, 4.69) is 15.6 Å². The third-order valence-corrected chi connectivity index (χ3v) is 3.35. The summed E-state index contributed by atoms with van der Waals surface area (Å²) in [6.45, 7) is 2.37. The molecule has 0 bridgehead atoms. The van der Waals surface area contributed by atoms with Crippen molar-refractivity contribution in [2.45, 2.75) is 13.5 Å². The lowest BCUT2D eigenvalue weighted by Gasteiger charge is -2.03. The Morgan fingerprint density at radius 1 is 1.68 bits per heavy atom. The van der Waals surface area contributed by atoms with Gasteiger partial charge in [-0.3, -0.25) is 9.48 Å². The van der Waals surface area contributed by atoms with Gasteiger partial charge in [-0.1, -0.05) is 11.6 Å². The van der Waals surface area contributed by atoms with Crippen LogP contribution in [0.25, 0.3) is 0 Å². The fraction of sp³-hybridized carbons (Fsp3) is 0.182. The van der Waals surface area contributed by atoms with Crippen LogP contribution in [0.2, 0.25) is 5.02 Å². The van der Waals surface area contributed by atoms with Crippen LogP contribution in [0.1, 0.15) is 22.3 Å². The van der Waals surface area contributed by atoms with Gasteiger partial charge in [0.2, 0.25) is 0 Å². The fourth-order valence-corrected chi connectivity index (χ4v) is 2.26. The van der Waals surface area contributed by atoms with Crippen molar-refractivity contribution >= 4 is 35.1 Å². The molecule has 0 spiro atoms. The van der Waals surface area contributed by atoms with Crippen LogP contribution in [0.4, 0.5) is 4.39 Å². The zero-order valence-corrected chi connectivity index (χ0v) is 11.5. The molecule has 0 saturated heterocycles. The van der Waals surface area contributed by atoms with Crippen molar-refractivity contribution in [1.82, 2.24) is 15.2 Å². The molecule has 2 aromatic rings. The Morgan fingerprint density at radius 2 is 2.47 bits per heavy atom. The lowest BCUT2D eigenvalue weighted by atomic mass is 10.4. The average Bonchev–Trinajstić information content (AvgIpc) is 2.95. The third kappa shape index (κ3) is 3.18. The van der Waals surface area contributed by atoms with Gasteiger partial charge in [0, 0.05) is 6.54 Å². The van der Waals surface area contributed by atoms with Gasteiger partial charge >= 0.3 is 0 Å². The molecule has 0 aliphatic carbocycles. The van der Waals surface area contributed by atoms with E-state index in [1.54, 1.807) is 6.07 Å². The molecule has 2 heterocycles. The van der Waals surface area contributed by atoms with E-state index in [1.807, 2.05) is 6.92 Å². The smallest absolute Gasteiger partial charge is 0.266 e. The molecule has 2 aromatic heterocycles. The topological polar surface area (TPSA) is 59.3 Å². The summed E-state index contributed by atoms with van der Waals surface area (Å²) in [6, 6.07) is 2.90. The van der Waals surface area contributed by atoms with Crippen molar-refractivity contribution in [3.63, 3.8) is 0 Å². The number of thiophene rings is 1. The highest BCUT2D eigenvalue weighted by Gasteiger charge is 2.15. The minimum atomic E-state index is -0.461. The van der Waals surface area contributed by atoms with E-state index in [0.29, 0.717) is 11.4 Å². The molecule has 2 rings (SSSR count). The molecule has 0 fully saturated rings. The molecule has 0 unspecified atom stereocenters. The first-order valence-corrected chi connectivity index (χ1v) is 6.61. The van der Waals surface area contributed by atoms with Crippen LogP contribution in [0.3, 0.4) is 0 Å². The first-order chi connectivity index (χ1) is 9.11. The first kappa shape index (κ1) is 13.7. The van der Waals surface area contributed by atoms with Gasteiger partial charge in [0.05, 0.1) is 22.3 Å². The molecular weight excluding hydrogens is 291 g/mol. The van der Waals surface area contributed by atoms with Crippen molar-refractivity contribution < 1.29 is 9.18 Å². The number of halogens is 2. The molecule has 0 aromatic carbocycles. The summed E-state index contributed by atoms with van der Waals surface area (Å²) in [6.07, 6.45) is 2.77. The quantitative estimate of drug-likeness (QED) is 0.697. The highest BCUT2D eigenvalue weighted by atomic mass is 35.5. The second-order valence-electron chi connectivity index (χ2n) is 3.50. The lowest BCUT2D eigenvalue weighted by Crippen LogP contribution is -2.22. The van der Waals surface area contributed by atoms with Crippen molar-refractivity contribution in [1.29, 1.82) is 0 Å². The predicted octanol–water partition coefficient (Wildman–Crippen LogP) is 2.52. The Hall–Kier alpha value is -1.73. The van der Waals surface area contributed by atoms with Crippen LogP contribution in [0.15, 0.2) is 23.4 Å². The van der Waals surface area contributed by atoms with Crippen molar-refractivity contribution in [3.8, 4) is 0 Å². The minimum Gasteiger partial charge on any atom is -0.266 e. The summed E-state index contributed by atoms with van der Waals surface area (Å²) >= 11 is 6.81. The highest BCUT2D eigenvalue weighted by molar-refractivity contribution is 7.12.